The summed E-state index contributed by atoms with van der Waals surface area (Å²) >= 11 is 3.42. The number of nitrogens with zero attached hydrogens (tertiary/aromatic N) is 6. The highest BCUT2D eigenvalue weighted by molar-refractivity contribution is 9.10. The fourth-order valence-corrected chi connectivity index (χ4v) is 5.14. The quantitative estimate of drug-likeness (QED) is 0.209. The molecule has 12 heteroatoms. The van der Waals surface area contributed by atoms with Gasteiger partial charge in [-0.3, -0.25) is 14.3 Å². The number of hydrogen-bond acceptors (Lipinski definition) is 7. The first-order valence-electron chi connectivity index (χ1n) is 13.3. The van der Waals surface area contributed by atoms with Crippen molar-refractivity contribution < 1.29 is 23.5 Å². The lowest BCUT2D eigenvalue weighted by atomic mass is 10.0. The molecule has 0 radical (unpaired) electrons. The molecule has 3 aromatic heterocycles. The Kier molecular flexibility index (Phi) is 8.62. The highest BCUT2D eigenvalue weighted by atomic mass is 79.9. The van der Waals surface area contributed by atoms with Crippen molar-refractivity contribution in [2.75, 3.05) is 13.2 Å². The molecule has 0 aliphatic heterocycles. The monoisotopic (exact) mass is 634 g/mol. The van der Waals surface area contributed by atoms with Gasteiger partial charge in [-0.1, -0.05) is 18.2 Å². The SMILES string of the molecule is CCOC(=O)Cn1cnc2c(-c3cc4c(cnn4C)cc3F)cccc21.CCOC(=O)Cn1cnc2c(Br)cccc21. The molecule has 0 saturated heterocycles. The Morgan fingerprint density at radius 3 is 2.07 bits per heavy atom. The van der Waals surface area contributed by atoms with Gasteiger partial charge in [0.05, 0.1) is 54.1 Å². The van der Waals surface area contributed by atoms with Crippen LogP contribution in [0.25, 0.3) is 44.1 Å². The van der Waals surface area contributed by atoms with Crippen LogP contribution in [-0.2, 0) is 39.2 Å². The van der Waals surface area contributed by atoms with Crippen molar-refractivity contribution in [3.63, 3.8) is 0 Å². The van der Waals surface area contributed by atoms with Crippen LogP contribution >= 0.6 is 15.9 Å². The number of esters is 2. The number of aromatic nitrogens is 6. The first-order chi connectivity index (χ1) is 20.3. The Labute approximate surface area is 248 Å². The summed E-state index contributed by atoms with van der Waals surface area (Å²) < 4.78 is 30.7. The summed E-state index contributed by atoms with van der Waals surface area (Å²) in [5, 5.41) is 4.91. The first-order valence-corrected chi connectivity index (χ1v) is 14.1. The van der Waals surface area contributed by atoms with Gasteiger partial charge in [-0.15, -0.1) is 0 Å². The maximum Gasteiger partial charge on any atom is 0.325 e. The molecule has 0 aliphatic carbocycles. The summed E-state index contributed by atoms with van der Waals surface area (Å²) in [5.74, 6) is -0.917. The third-order valence-corrected chi connectivity index (χ3v) is 7.23. The number of halogens is 2. The van der Waals surface area contributed by atoms with Crippen molar-refractivity contribution in [1.29, 1.82) is 0 Å². The van der Waals surface area contributed by atoms with Crippen molar-refractivity contribution in [3.8, 4) is 11.1 Å². The summed E-state index contributed by atoms with van der Waals surface area (Å²) in [5.41, 5.74) is 5.12. The number of aryl methyl sites for hydroxylation is 1. The lowest BCUT2D eigenvalue weighted by Crippen LogP contribution is -2.12. The van der Waals surface area contributed by atoms with Gasteiger partial charge in [-0.2, -0.15) is 5.10 Å². The summed E-state index contributed by atoms with van der Waals surface area (Å²) in [6.07, 6.45) is 4.86. The smallest absolute Gasteiger partial charge is 0.325 e. The van der Waals surface area contributed by atoms with E-state index in [4.69, 9.17) is 9.47 Å². The van der Waals surface area contributed by atoms with Gasteiger partial charge >= 0.3 is 11.9 Å². The van der Waals surface area contributed by atoms with Gasteiger partial charge in [0, 0.05) is 28.0 Å². The fraction of sp³-hybridized carbons (Fsp3) is 0.233. The highest BCUT2D eigenvalue weighted by Crippen LogP contribution is 2.32. The third kappa shape index (κ3) is 5.89. The van der Waals surface area contributed by atoms with Gasteiger partial charge in [0.1, 0.15) is 24.4 Å². The van der Waals surface area contributed by atoms with E-state index in [1.54, 1.807) is 52.6 Å². The van der Waals surface area contributed by atoms with Crippen LogP contribution in [0.4, 0.5) is 4.39 Å². The molecule has 0 atom stereocenters. The molecule has 216 valence electrons. The Morgan fingerprint density at radius 2 is 1.43 bits per heavy atom. The average Bonchev–Trinajstić information content (AvgIpc) is 3.67. The van der Waals surface area contributed by atoms with Crippen LogP contribution in [0.2, 0.25) is 0 Å². The largest absolute Gasteiger partial charge is 0.465 e. The van der Waals surface area contributed by atoms with Crippen LogP contribution in [0, 0.1) is 5.82 Å². The van der Waals surface area contributed by atoms with Crippen LogP contribution in [0.5, 0.6) is 0 Å². The van der Waals surface area contributed by atoms with Crippen molar-refractivity contribution in [2.24, 2.45) is 7.05 Å². The predicted molar refractivity (Wildman–Crippen MR) is 160 cm³/mol. The third-order valence-electron chi connectivity index (χ3n) is 6.59. The van der Waals surface area contributed by atoms with E-state index in [0.717, 1.165) is 31.9 Å². The second-order valence-electron chi connectivity index (χ2n) is 9.29. The van der Waals surface area contributed by atoms with Crippen molar-refractivity contribution in [1.82, 2.24) is 28.9 Å². The lowest BCUT2D eigenvalue weighted by molar-refractivity contribution is -0.144. The molecule has 0 N–H and O–H groups in total. The zero-order chi connectivity index (χ0) is 29.8. The molecule has 0 fully saturated rings. The van der Waals surface area contributed by atoms with Crippen LogP contribution in [0.1, 0.15) is 13.8 Å². The Morgan fingerprint density at radius 1 is 0.833 bits per heavy atom. The van der Waals surface area contributed by atoms with Gasteiger partial charge in [-0.05, 0) is 60.1 Å². The molecule has 10 nitrogen and oxygen atoms in total. The maximum absolute atomic E-state index is 14.7. The molecule has 6 aromatic rings. The molecule has 0 saturated carbocycles. The number of fused-ring (bicyclic) bond motifs is 3. The Hall–Kier alpha value is -4.58. The number of hydrogen-bond donors (Lipinski definition) is 0. The molecule has 3 heterocycles. The Bertz CT molecular complexity index is 1910. The lowest BCUT2D eigenvalue weighted by Gasteiger charge is -2.08. The number of imidazole rings is 2. The fourth-order valence-electron chi connectivity index (χ4n) is 4.68. The van der Waals surface area contributed by atoms with Crippen LogP contribution in [0.15, 0.2) is 71.9 Å². The minimum absolute atomic E-state index is 0.0665. The molecule has 42 heavy (non-hydrogen) atoms. The summed E-state index contributed by atoms with van der Waals surface area (Å²) in [7, 11) is 1.82. The van der Waals surface area contributed by atoms with E-state index in [2.05, 4.69) is 31.0 Å². The van der Waals surface area contributed by atoms with Crippen molar-refractivity contribution in [3.05, 3.63) is 77.7 Å². The van der Waals surface area contributed by atoms with E-state index >= 15 is 0 Å². The molecule has 0 bridgehead atoms. The summed E-state index contributed by atoms with van der Waals surface area (Å²) in [6, 6.07) is 14.5. The molecule has 0 amide bonds. The molecular weight excluding hydrogens is 607 g/mol. The van der Waals surface area contributed by atoms with Gasteiger partial charge in [0.25, 0.3) is 0 Å². The second-order valence-corrected chi connectivity index (χ2v) is 10.1. The van der Waals surface area contributed by atoms with Crippen LogP contribution in [0.3, 0.4) is 0 Å². The highest BCUT2D eigenvalue weighted by Gasteiger charge is 2.16. The van der Waals surface area contributed by atoms with E-state index in [-0.39, 0.29) is 30.8 Å². The van der Waals surface area contributed by atoms with Gasteiger partial charge in [-0.25, -0.2) is 14.4 Å². The van der Waals surface area contributed by atoms with E-state index < -0.39 is 0 Å². The van der Waals surface area contributed by atoms with E-state index in [1.807, 2.05) is 43.4 Å². The molecule has 3 aromatic carbocycles. The Balaban J connectivity index is 0.000000189. The van der Waals surface area contributed by atoms with Crippen molar-refractivity contribution >= 4 is 60.8 Å². The summed E-state index contributed by atoms with van der Waals surface area (Å²) in [4.78, 5) is 31.8. The molecule has 6 rings (SSSR count). The standard InChI is InChI=1S/C19H17FN4O2.C11H11BrN2O2/c1-3-26-18(25)10-24-11-21-19-13(5-4-6-16(19)24)14-8-17-12(7-15(14)20)9-22-23(17)2;1-2-16-10(15)6-14-7-13-11-8(12)4-3-5-9(11)14/h4-9,11H,3,10H2,1-2H3;3-5,7H,2,6H2,1H3. The van der Waals surface area contributed by atoms with Gasteiger partial charge < -0.3 is 18.6 Å². The number of rotatable bonds is 7. The molecule has 0 aliphatic rings. The second kappa shape index (κ2) is 12.5. The van der Waals surface area contributed by atoms with Crippen molar-refractivity contribution in [2.45, 2.75) is 26.9 Å². The minimum Gasteiger partial charge on any atom is -0.465 e. The number of carbonyl (C=O) groups is 2. The number of para-hydroxylation sites is 2. The zero-order valence-electron chi connectivity index (χ0n) is 23.3. The number of ether oxygens (including phenoxy) is 2. The van der Waals surface area contributed by atoms with E-state index in [0.29, 0.717) is 29.9 Å². The molecule has 0 unspecified atom stereocenters. The van der Waals surface area contributed by atoms with Crippen LogP contribution in [-0.4, -0.2) is 54.0 Å². The number of carbonyl (C=O) groups excluding carboxylic acids is 2. The topological polar surface area (TPSA) is 106 Å². The minimum atomic E-state index is -0.335. The average molecular weight is 635 g/mol. The maximum atomic E-state index is 14.7. The zero-order valence-corrected chi connectivity index (χ0v) is 24.8. The van der Waals surface area contributed by atoms with Crippen LogP contribution < -0.4 is 0 Å². The summed E-state index contributed by atoms with van der Waals surface area (Å²) in [6.45, 7) is 4.54. The molecular formula is C30H28BrFN6O4. The van der Waals surface area contributed by atoms with E-state index in [9.17, 15) is 14.0 Å². The normalized spacial score (nSPS) is 11.1. The number of benzene rings is 3. The molecule has 0 spiro atoms. The first kappa shape index (κ1) is 28.9. The van der Waals surface area contributed by atoms with Gasteiger partial charge in [0.15, 0.2) is 0 Å². The van der Waals surface area contributed by atoms with Gasteiger partial charge in [0.2, 0.25) is 0 Å². The predicted octanol–water partition coefficient (Wildman–Crippen LogP) is 5.65. The van der Waals surface area contributed by atoms with E-state index in [1.165, 1.54) is 6.07 Å².